The van der Waals surface area contributed by atoms with Gasteiger partial charge in [0.05, 0.1) is 0 Å². The van der Waals surface area contributed by atoms with Gasteiger partial charge in [-0.25, -0.2) is 0 Å². The number of phenols is 1. The summed E-state index contributed by atoms with van der Waals surface area (Å²) >= 11 is 0. The minimum atomic E-state index is -0.108. The summed E-state index contributed by atoms with van der Waals surface area (Å²) in [6, 6.07) is 0. The zero-order valence-electron chi connectivity index (χ0n) is 11.9. The molecular formula is C15H22O2. The Morgan fingerprint density at radius 2 is 1.18 bits per heavy atom. The van der Waals surface area contributed by atoms with Crippen molar-refractivity contribution < 1.29 is 9.84 Å². The van der Waals surface area contributed by atoms with Gasteiger partial charge < -0.3 is 9.84 Å². The van der Waals surface area contributed by atoms with Gasteiger partial charge in [0.2, 0.25) is 0 Å². The first-order valence-electron chi connectivity index (χ1n) is 6.13. The maximum atomic E-state index is 10.5. The van der Waals surface area contributed by atoms with Crippen LogP contribution in [-0.4, -0.2) is 5.11 Å². The van der Waals surface area contributed by atoms with Crippen LogP contribution in [0, 0.1) is 6.92 Å². The lowest BCUT2D eigenvalue weighted by Crippen LogP contribution is -2.24. The van der Waals surface area contributed by atoms with E-state index in [0.29, 0.717) is 5.75 Å². The highest BCUT2D eigenvalue weighted by atomic mass is 16.5. The first-order valence-corrected chi connectivity index (χ1v) is 6.13. The van der Waals surface area contributed by atoms with Gasteiger partial charge in [0.25, 0.3) is 0 Å². The Kier molecular flexibility index (Phi) is 2.30. The molecule has 0 aliphatic carbocycles. The maximum Gasteiger partial charge on any atom is 0.141 e. The molecule has 2 nitrogen and oxygen atoms in total. The van der Waals surface area contributed by atoms with Gasteiger partial charge >= 0.3 is 0 Å². The zero-order valence-corrected chi connectivity index (χ0v) is 11.9. The van der Waals surface area contributed by atoms with Gasteiger partial charge in [0.1, 0.15) is 17.2 Å². The summed E-state index contributed by atoms with van der Waals surface area (Å²) in [5.41, 5.74) is 2.84. The van der Waals surface area contributed by atoms with Crippen molar-refractivity contribution in [1.29, 1.82) is 0 Å². The standard InChI is InChI=1S/C15H22O2/c1-8-12-9(14(2,3)4)11(16)10(13(8)17-12)15(5,6)7/h16H,1-7H3. The van der Waals surface area contributed by atoms with E-state index >= 15 is 0 Å². The summed E-state index contributed by atoms with van der Waals surface area (Å²) in [6.45, 7) is 14.7. The predicted octanol–water partition coefficient (Wildman–Crippen LogP) is 4.40. The van der Waals surface area contributed by atoms with E-state index in [9.17, 15) is 5.11 Å². The molecule has 0 aromatic heterocycles. The van der Waals surface area contributed by atoms with Gasteiger partial charge in [0.15, 0.2) is 0 Å². The number of rotatable bonds is 0. The monoisotopic (exact) mass is 234 g/mol. The Bertz CT molecular complexity index is 444. The lowest BCUT2D eigenvalue weighted by Gasteiger charge is -2.38. The SMILES string of the molecule is Cc1c2c(C(C)(C)C)c(O)c(C(C)(C)C)c1O2. The number of fused-ring (bicyclic) bond motifs is 2. The molecule has 0 unspecified atom stereocenters. The van der Waals surface area contributed by atoms with Crippen molar-refractivity contribution in [3.63, 3.8) is 0 Å². The topological polar surface area (TPSA) is 29.5 Å². The summed E-state index contributed by atoms with van der Waals surface area (Å²) in [7, 11) is 0. The predicted molar refractivity (Wildman–Crippen MR) is 70.3 cm³/mol. The third-order valence-corrected chi connectivity index (χ3v) is 3.31. The number of hydrogen-bond acceptors (Lipinski definition) is 2. The summed E-state index contributed by atoms with van der Waals surface area (Å²) < 4.78 is 5.78. The fourth-order valence-electron chi connectivity index (χ4n) is 2.52. The van der Waals surface area contributed by atoms with E-state index in [4.69, 9.17) is 4.74 Å². The van der Waals surface area contributed by atoms with Crippen LogP contribution < -0.4 is 4.74 Å². The summed E-state index contributed by atoms with van der Waals surface area (Å²) in [6.07, 6.45) is 0. The second-order valence-corrected chi connectivity index (χ2v) is 6.98. The number of aryl methyl sites for hydroxylation is 1. The van der Waals surface area contributed by atoms with Gasteiger partial charge in [-0.05, 0) is 17.8 Å². The molecule has 1 N–H and O–H groups in total. The first kappa shape index (κ1) is 12.3. The van der Waals surface area contributed by atoms with E-state index in [-0.39, 0.29) is 10.8 Å². The van der Waals surface area contributed by atoms with E-state index in [2.05, 4.69) is 48.5 Å². The van der Waals surface area contributed by atoms with E-state index in [1.54, 1.807) is 0 Å². The van der Waals surface area contributed by atoms with E-state index in [1.807, 2.05) is 0 Å². The lowest BCUT2D eigenvalue weighted by atomic mass is 9.75. The Balaban J connectivity index is 2.79. The van der Waals surface area contributed by atoms with Crippen molar-refractivity contribution >= 4 is 0 Å². The molecule has 0 fully saturated rings. The quantitative estimate of drug-likeness (QED) is 0.732. The Labute approximate surface area is 104 Å². The van der Waals surface area contributed by atoms with Gasteiger partial charge in [-0.1, -0.05) is 41.5 Å². The fourth-order valence-corrected chi connectivity index (χ4v) is 2.52. The van der Waals surface area contributed by atoms with Crippen LogP contribution in [0.5, 0.6) is 17.2 Å². The lowest BCUT2D eigenvalue weighted by molar-refractivity contribution is 0.344. The molecular weight excluding hydrogens is 212 g/mol. The first-order chi connectivity index (χ1) is 7.55. The van der Waals surface area contributed by atoms with Crippen LogP contribution in [0.4, 0.5) is 0 Å². The van der Waals surface area contributed by atoms with Crippen LogP contribution in [0.25, 0.3) is 0 Å². The minimum Gasteiger partial charge on any atom is -0.507 e. The average molecular weight is 234 g/mol. The number of aromatic hydroxyl groups is 1. The molecule has 94 valence electrons. The van der Waals surface area contributed by atoms with E-state index in [1.165, 1.54) is 5.56 Å². The number of benzene rings is 1. The van der Waals surface area contributed by atoms with Crippen LogP contribution >= 0.6 is 0 Å². The smallest absolute Gasteiger partial charge is 0.141 e. The molecule has 3 rings (SSSR count). The van der Waals surface area contributed by atoms with Crippen LogP contribution in [0.3, 0.4) is 0 Å². The molecule has 1 aromatic rings. The molecule has 0 radical (unpaired) electrons. The zero-order chi connectivity index (χ0) is 13.2. The summed E-state index contributed by atoms with van der Waals surface area (Å²) in [5.74, 6) is 2.17. The Morgan fingerprint density at radius 1 is 0.824 bits per heavy atom. The molecule has 2 heterocycles. The van der Waals surface area contributed by atoms with Crippen molar-refractivity contribution in [1.82, 2.24) is 0 Å². The van der Waals surface area contributed by atoms with Crippen molar-refractivity contribution in [3.05, 3.63) is 16.7 Å². The maximum absolute atomic E-state index is 10.5. The number of phenolic OH excluding ortho intramolecular Hbond substituents is 1. The summed E-state index contributed by atoms with van der Waals surface area (Å²) in [4.78, 5) is 0. The summed E-state index contributed by atoms with van der Waals surface area (Å²) in [5, 5.41) is 10.5. The van der Waals surface area contributed by atoms with Gasteiger partial charge in [-0.3, -0.25) is 0 Å². The van der Waals surface area contributed by atoms with Crippen molar-refractivity contribution in [2.24, 2.45) is 0 Å². The van der Waals surface area contributed by atoms with Crippen molar-refractivity contribution in [2.45, 2.75) is 59.3 Å². The number of hydrogen-bond donors (Lipinski definition) is 1. The molecule has 2 heteroatoms. The molecule has 2 aliphatic heterocycles. The molecule has 1 aromatic carbocycles. The molecule has 2 bridgehead atoms. The third-order valence-electron chi connectivity index (χ3n) is 3.31. The molecule has 0 atom stereocenters. The minimum absolute atomic E-state index is 0.108. The molecule has 2 aliphatic rings. The van der Waals surface area contributed by atoms with Crippen LogP contribution in [-0.2, 0) is 10.8 Å². The van der Waals surface area contributed by atoms with E-state index in [0.717, 1.165) is 22.6 Å². The fraction of sp³-hybridized carbons (Fsp3) is 0.600. The second-order valence-electron chi connectivity index (χ2n) is 6.98. The van der Waals surface area contributed by atoms with Crippen LogP contribution in [0.2, 0.25) is 0 Å². The Hall–Kier alpha value is -1.18. The highest BCUT2D eigenvalue weighted by Gasteiger charge is 2.40. The van der Waals surface area contributed by atoms with Gasteiger partial charge in [-0.15, -0.1) is 0 Å². The van der Waals surface area contributed by atoms with Crippen LogP contribution in [0.15, 0.2) is 0 Å². The largest absolute Gasteiger partial charge is 0.507 e. The molecule has 0 saturated heterocycles. The average Bonchev–Trinajstić information content (AvgIpc) is 2.12. The number of ether oxygens (including phenoxy) is 1. The van der Waals surface area contributed by atoms with Crippen molar-refractivity contribution in [2.75, 3.05) is 0 Å². The highest BCUT2D eigenvalue weighted by molar-refractivity contribution is 5.72. The molecule has 0 saturated carbocycles. The Morgan fingerprint density at radius 3 is 1.41 bits per heavy atom. The third kappa shape index (κ3) is 1.62. The van der Waals surface area contributed by atoms with Crippen LogP contribution in [0.1, 0.15) is 58.2 Å². The van der Waals surface area contributed by atoms with E-state index < -0.39 is 0 Å². The molecule has 0 amide bonds. The molecule has 17 heavy (non-hydrogen) atoms. The van der Waals surface area contributed by atoms with Crippen molar-refractivity contribution in [3.8, 4) is 17.2 Å². The molecule has 0 spiro atoms. The normalized spacial score (nSPS) is 14.3. The highest BCUT2D eigenvalue weighted by Crippen LogP contribution is 2.58. The van der Waals surface area contributed by atoms with Gasteiger partial charge in [0, 0.05) is 16.7 Å². The van der Waals surface area contributed by atoms with Gasteiger partial charge in [-0.2, -0.15) is 0 Å². The second kappa shape index (κ2) is 3.18.